The lowest BCUT2D eigenvalue weighted by Crippen LogP contribution is -2.30. The number of hydrogen-bond acceptors (Lipinski definition) is 6. The zero-order chi connectivity index (χ0) is 14.2. The first-order valence-electron chi connectivity index (χ1n) is 6.65. The highest BCUT2D eigenvalue weighted by Crippen LogP contribution is 1.69. The fourth-order valence-electron chi connectivity index (χ4n) is 1.06. The summed E-state index contributed by atoms with van der Waals surface area (Å²) in [6.07, 6.45) is 0. The van der Waals surface area contributed by atoms with E-state index in [1.54, 1.807) is 0 Å². The van der Waals surface area contributed by atoms with E-state index in [9.17, 15) is 0 Å². The number of nitrogens with zero attached hydrogens (tertiary/aromatic N) is 2. The number of rotatable bonds is 10. The minimum atomic E-state index is 0.730. The van der Waals surface area contributed by atoms with Gasteiger partial charge in [0.2, 0.25) is 0 Å². The normalized spacial score (nSPS) is 10.7. The molecule has 0 bridgehead atoms. The second-order valence-corrected chi connectivity index (χ2v) is 4.68. The lowest BCUT2D eigenvalue weighted by atomic mass is 10.5. The quantitative estimate of drug-likeness (QED) is 0.348. The summed E-state index contributed by atoms with van der Waals surface area (Å²) in [6, 6.07) is 0. The van der Waals surface area contributed by atoms with Crippen LogP contribution in [-0.4, -0.2) is 90.3 Å². The minimum absolute atomic E-state index is 0.730. The number of nitrogens with one attached hydrogen (secondary N) is 2. The van der Waals surface area contributed by atoms with Gasteiger partial charge in [0.15, 0.2) is 0 Å². The van der Waals surface area contributed by atoms with E-state index < -0.39 is 0 Å². The molecular formula is C12H34N6. The molecule has 0 saturated carbocycles. The van der Waals surface area contributed by atoms with E-state index in [0.717, 1.165) is 52.4 Å². The maximum Gasteiger partial charge on any atom is 0.0101 e. The van der Waals surface area contributed by atoms with E-state index in [4.69, 9.17) is 11.5 Å². The van der Waals surface area contributed by atoms with Gasteiger partial charge in [-0.25, -0.2) is 0 Å². The molecule has 6 N–H and O–H groups in total. The fraction of sp³-hybridized carbons (Fsp3) is 1.00. The lowest BCUT2D eigenvalue weighted by Gasteiger charge is -2.08. The molecule has 0 spiro atoms. The van der Waals surface area contributed by atoms with Crippen molar-refractivity contribution >= 4 is 0 Å². The van der Waals surface area contributed by atoms with Crippen LogP contribution in [0, 0.1) is 0 Å². The molecule has 0 amide bonds. The Labute approximate surface area is 113 Å². The van der Waals surface area contributed by atoms with E-state index in [2.05, 4.69) is 48.6 Å². The van der Waals surface area contributed by atoms with Gasteiger partial charge in [0.05, 0.1) is 0 Å². The summed E-state index contributed by atoms with van der Waals surface area (Å²) >= 11 is 0. The Balaban J connectivity index is 0. The van der Waals surface area contributed by atoms with E-state index in [-0.39, 0.29) is 0 Å². The second kappa shape index (κ2) is 16.8. The SMILES string of the molecule is CN(C)CCNCCN.CN(C)CCNCCN. The summed E-state index contributed by atoms with van der Waals surface area (Å²) in [6.45, 7) is 7.54. The Bertz CT molecular complexity index is 125. The van der Waals surface area contributed by atoms with Crippen molar-refractivity contribution in [2.24, 2.45) is 11.5 Å². The van der Waals surface area contributed by atoms with Crippen molar-refractivity contribution in [2.75, 3.05) is 80.5 Å². The van der Waals surface area contributed by atoms with Crippen LogP contribution in [0.15, 0.2) is 0 Å². The Morgan fingerprint density at radius 2 is 1.00 bits per heavy atom. The smallest absolute Gasteiger partial charge is 0.0101 e. The second-order valence-electron chi connectivity index (χ2n) is 4.68. The molecule has 0 unspecified atom stereocenters. The number of nitrogens with two attached hydrogens (primary N) is 2. The Morgan fingerprint density at radius 1 is 0.667 bits per heavy atom. The summed E-state index contributed by atoms with van der Waals surface area (Å²) in [4.78, 5) is 4.28. The van der Waals surface area contributed by atoms with Gasteiger partial charge in [-0.1, -0.05) is 0 Å². The summed E-state index contributed by atoms with van der Waals surface area (Å²) in [7, 11) is 8.24. The van der Waals surface area contributed by atoms with Gasteiger partial charge in [-0.05, 0) is 28.2 Å². The molecule has 0 aliphatic heterocycles. The number of hydrogen-bond donors (Lipinski definition) is 4. The lowest BCUT2D eigenvalue weighted by molar-refractivity contribution is 0.401. The van der Waals surface area contributed by atoms with Crippen molar-refractivity contribution in [3.8, 4) is 0 Å². The Morgan fingerprint density at radius 3 is 1.22 bits per heavy atom. The van der Waals surface area contributed by atoms with Crippen LogP contribution in [0.2, 0.25) is 0 Å². The Hall–Kier alpha value is -0.240. The highest BCUT2D eigenvalue weighted by molar-refractivity contribution is 4.50. The standard InChI is InChI=1S/2C6H17N3/c2*1-9(2)6-5-8-4-3-7/h2*8H,3-7H2,1-2H3. The van der Waals surface area contributed by atoms with Crippen molar-refractivity contribution in [2.45, 2.75) is 0 Å². The van der Waals surface area contributed by atoms with Gasteiger partial charge in [-0.15, -0.1) is 0 Å². The van der Waals surface area contributed by atoms with Gasteiger partial charge in [-0.2, -0.15) is 0 Å². The molecule has 0 aromatic rings. The Kier molecular flexibility index (Phi) is 18.7. The molecular weight excluding hydrogens is 228 g/mol. The third-order valence-electron chi connectivity index (χ3n) is 2.11. The molecule has 6 heteroatoms. The van der Waals surface area contributed by atoms with Gasteiger partial charge >= 0.3 is 0 Å². The zero-order valence-corrected chi connectivity index (χ0v) is 12.7. The summed E-state index contributed by atoms with van der Waals surface area (Å²) in [5.41, 5.74) is 10.5. The monoisotopic (exact) mass is 262 g/mol. The third-order valence-corrected chi connectivity index (χ3v) is 2.11. The molecule has 0 aromatic carbocycles. The highest BCUT2D eigenvalue weighted by atomic mass is 15.1. The van der Waals surface area contributed by atoms with Crippen LogP contribution in [0.3, 0.4) is 0 Å². The van der Waals surface area contributed by atoms with Gasteiger partial charge in [0, 0.05) is 52.4 Å². The molecule has 0 rings (SSSR count). The first-order valence-corrected chi connectivity index (χ1v) is 6.65. The van der Waals surface area contributed by atoms with Crippen LogP contribution >= 0.6 is 0 Å². The molecule has 6 nitrogen and oxygen atoms in total. The van der Waals surface area contributed by atoms with E-state index in [1.165, 1.54) is 0 Å². The predicted octanol–water partition coefficient (Wildman–Crippen LogP) is -1.81. The van der Waals surface area contributed by atoms with Gasteiger partial charge in [0.1, 0.15) is 0 Å². The van der Waals surface area contributed by atoms with Crippen LogP contribution in [-0.2, 0) is 0 Å². The highest BCUT2D eigenvalue weighted by Gasteiger charge is 1.87. The topological polar surface area (TPSA) is 82.6 Å². The van der Waals surface area contributed by atoms with E-state index in [1.807, 2.05) is 0 Å². The van der Waals surface area contributed by atoms with Crippen LogP contribution in [0.5, 0.6) is 0 Å². The predicted molar refractivity (Wildman–Crippen MR) is 81.0 cm³/mol. The van der Waals surface area contributed by atoms with Gasteiger partial charge < -0.3 is 31.9 Å². The molecule has 0 aliphatic rings. The molecule has 18 heavy (non-hydrogen) atoms. The van der Waals surface area contributed by atoms with Crippen LogP contribution in [0.25, 0.3) is 0 Å². The molecule has 0 aliphatic carbocycles. The summed E-state index contributed by atoms with van der Waals surface area (Å²) < 4.78 is 0. The fourth-order valence-corrected chi connectivity index (χ4v) is 1.06. The molecule has 0 heterocycles. The van der Waals surface area contributed by atoms with E-state index in [0.29, 0.717) is 0 Å². The van der Waals surface area contributed by atoms with Gasteiger partial charge in [0.25, 0.3) is 0 Å². The molecule has 0 atom stereocenters. The van der Waals surface area contributed by atoms with Gasteiger partial charge in [-0.3, -0.25) is 0 Å². The number of likely N-dealkylation sites (N-methyl/N-ethyl adjacent to an activating group) is 2. The first kappa shape index (κ1) is 20.1. The minimum Gasteiger partial charge on any atom is -0.329 e. The molecule has 0 saturated heterocycles. The van der Waals surface area contributed by atoms with E-state index >= 15 is 0 Å². The van der Waals surface area contributed by atoms with Crippen LogP contribution < -0.4 is 22.1 Å². The first-order chi connectivity index (χ1) is 8.54. The van der Waals surface area contributed by atoms with Crippen LogP contribution in [0.4, 0.5) is 0 Å². The maximum absolute atomic E-state index is 5.27. The van der Waals surface area contributed by atoms with Crippen molar-refractivity contribution in [1.29, 1.82) is 0 Å². The van der Waals surface area contributed by atoms with Crippen molar-refractivity contribution < 1.29 is 0 Å². The molecule has 0 radical (unpaired) electrons. The van der Waals surface area contributed by atoms with Crippen molar-refractivity contribution in [3.05, 3.63) is 0 Å². The van der Waals surface area contributed by atoms with Crippen LogP contribution in [0.1, 0.15) is 0 Å². The molecule has 112 valence electrons. The summed E-state index contributed by atoms with van der Waals surface area (Å²) in [5, 5.41) is 6.40. The molecule has 0 fully saturated rings. The largest absolute Gasteiger partial charge is 0.329 e. The zero-order valence-electron chi connectivity index (χ0n) is 12.7. The third kappa shape index (κ3) is 24.8. The summed E-state index contributed by atoms with van der Waals surface area (Å²) in [5.74, 6) is 0. The maximum atomic E-state index is 5.27. The van der Waals surface area contributed by atoms with Crippen molar-refractivity contribution in [1.82, 2.24) is 20.4 Å². The average Bonchev–Trinajstić information content (AvgIpc) is 2.31. The van der Waals surface area contributed by atoms with Crippen molar-refractivity contribution in [3.63, 3.8) is 0 Å². The average molecular weight is 262 g/mol. The molecule has 0 aromatic heterocycles.